The Bertz CT molecular complexity index is 2320. The monoisotopic (exact) mass is 622 g/mol. The van der Waals surface area contributed by atoms with Gasteiger partial charge in [0.15, 0.2) is 0 Å². The van der Waals surface area contributed by atoms with Crippen molar-refractivity contribution in [3.8, 4) is 155 Å². The first kappa shape index (κ1) is 32.7. The Morgan fingerprint density at radius 3 is 1.06 bits per heavy atom. The molecule has 0 unspecified atom stereocenters. The molecule has 0 saturated carbocycles. The van der Waals surface area contributed by atoms with E-state index in [1.165, 1.54) is 0 Å². The average molecular weight is 623 g/mol. The zero-order chi connectivity index (χ0) is 33.1. The lowest BCUT2D eigenvalue weighted by Gasteiger charge is -2.20. The SMILES string of the molecule is C#CC#CC#CP(C#CC#CC#C)c1ccc2ccccc2c1Oc1c(P(C#CC#CC#C)C#CC#CC#C)ccc2ccccc12. The molecule has 47 heavy (non-hydrogen) atoms. The van der Waals surface area contributed by atoms with E-state index in [-0.39, 0.29) is 0 Å². The molecule has 0 N–H and O–H groups in total. The summed E-state index contributed by atoms with van der Waals surface area (Å²) in [7, 11) is -2.98. The van der Waals surface area contributed by atoms with Gasteiger partial charge in [-0.15, -0.1) is 25.7 Å². The molecular weight excluding hydrogens is 606 g/mol. The minimum absolute atomic E-state index is 0.570. The summed E-state index contributed by atoms with van der Waals surface area (Å²) in [6.45, 7) is 0. The van der Waals surface area contributed by atoms with Crippen molar-refractivity contribution in [1.82, 2.24) is 0 Å². The second-order valence-electron chi connectivity index (χ2n) is 8.57. The molecule has 0 fully saturated rings. The van der Waals surface area contributed by atoms with Crippen LogP contribution in [0.3, 0.4) is 0 Å². The minimum atomic E-state index is -1.49. The van der Waals surface area contributed by atoms with Crippen LogP contribution < -0.4 is 15.3 Å². The van der Waals surface area contributed by atoms with Gasteiger partial charge >= 0.3 is 0 Å². The van der Waals surface area contributed by atoms with Crippen molar-refractivity contribution in [2.45, 2.75) is 0 Å². The van der Waals surface area contributed by atoms with Gasteiger partial charge in [0.1, 0.15) is 11.5 Å². The van der Waals surface area contributed by atoms with Gasteiger partial charge in [0.05, 0.1) is 15.8 Å². The highest BCUT2D eigenvalue weighted by molar-refractivity contribution is 7.75. The van der Waals surface area contributed by atoms with Gasteiger partial charge in [-0.2, -0.15) is 0 Å². The van der Waals surface area contributed by atoms with Gasteiger partial charge in [-0.3, -0.25) is 0 Å². The molecule has 3 heteroatoms. The number of hydrogen-bond donors (Lipinski definition) is 0. The van der Waals surface area contributed by atoms with Crippen molar-refractivity contribution in [2.24, 2.45) is 0 Å². The number of fused-ring (bicyclic) bond motifs is 2. The summed E-state index contributed by atoms with van der Waals surface area (Å²) in [5, 5.41) is 5.13. The van der Waals surface area contributed by atoms with Gasteiger partial charge in [0.25, 0.3) is 0 Å². The summed E-state index contributed by atoms with van der Waals surface area (Å²) in [5.41, 5.74) is 12.6. The van der Waals surface area contributed by atoms with Gasteiger partial charge in [0, 0.05) is 21.4 Å². The molecule has 0 aliphatic heterocycles. The molecule has 4 rings (SSSR count). The molecule has 0 spiro atoms. The van der Waals surface area contributed by atoms with Gasteiger partial charge in [0.2, 0.25) is 0 Å². The molecule has 0 amide bonds. The Kier molecular flexibility index (Phi) is 12.4. The third-order valence-corrected chi connectivity index (χ3v) is 8.87. The van der Waals surface area contributed by atoms with Crippen molar-refractivity contribution >= 4 is 48.0 Å². The topological polar surface area (TPSA) is 9.23 Å². The van der Waals surface area contributed by atoms with Gasteiger partial charge < -0.3 is 4.74 Å². The molecule has 4 aromatic rings. The van der Waals surface area contributed by atoms with E-state index in [1.807, 2.05) is 72.8 Å². The highest BCUT2D eigenvalue weighted by Gasteiger charge is 2.22. The summed E-state index contributed by atoms with van der Waals surface area (Å²) in [5.74, 6) is 42.3. The fourth-order valence-corrected chi connectivity index (χ4v) is 6.48. The van der Waals surface area contributed by atoms with E-state index in [0.717, 1.165) is 32.2 Å². The van der Waals surface area contributed by atoms with E-state index < -0.39 is 15.8 Å². The minimum Gasteiger partial charge on any atom is -0.455 e. The first-order chi connectivity index (χ1) is 23.2. The molecule has 4 aromatic carbocycles. The van der Waals surface area contributed by atoms with E-state index in [2.05, 4.69) is 117 Å². The van der Waals surface area contributed by atoms with Crippen LogP contribution >= 0.6 is 15.8 Å². The highest BCUT2D eigenvalue weighted by Crippen LogP contribution is 2.44. The maximum atomic E-state index is 7.03. The predicted octanol–water partition coefficient (Wildman–Crippen LogP) is 6.39. The summed E-state index contributed by atoms with van der Waals surface area (Å²) < 4.78 is 7.03. The van der Waals surface area contributed by atoms with Crippen molar-refractivity contribution in [3.63, 3.8) is 0 Å². The lowest BCUT2D eigenvalue weighted by molar-refractivity contribution is 0.502. The third-order valence-electron chi connectivity index (χ3n) is 5.86. The van der Waals surface area contributed by atoms with Gasteiger partial charge in [-0.1, -0.05) is 60.7 Å². The van der Waals surface area contributed by atoms with E-state index in [4.69, 9.17) is 30.4 Å². The van der Waals surface area contributed by atoms with E-state index >= 15 is 0 Å². The lowest BCUT2D eigenvalue weighted by atomic mass is 10.1. The zero-order valence-electron chi connectivity index (χ0n) is 24.5. The maximum absolute atomic E-state index is 7.03. The van der Waals surface area contributed by atoms with E-state index in [1.54, 1.807) is 0 Å². The molecule has 0 aromatic heterocycles. The number of hydrogen-bond acceptors (Lipinski definition) is 1. The Hall–Kier alpha value is -7.22. The summed E-state index contributed by atoms with van der Waals surface area (Å²) in [6.07, 6.45) is 21.2. The molecule has 0 heterocycles. The number of terminal acetylenes is 4. The first-order valence-corrected chi connectivity index (χ1v) is 16.1. The summed E-state index contributed by atoms with van der Waals surface area (Å²) in [4.78, 5) is 0. The third kappa shape index (κ3) is 8.90. The maximum Gasteiger partial charge on any atom is 0.144 e. The molecular formula is C44H16OP2. The van der Waals surface area contributed by atoms with Crippen LogP contribution in [-0.2, 0) is 0 Å². The van der Waals surface area contributed by atoms with Crippen LogP contribution in [0.25, 0.3) is 21.5 Å². The molecule has 1 nitrogen and oxygen atoms in total. The average Bonchev–Trinajstić information content (AvgIpc) is 3.11. The molecule has 0 radical (unpaired) electrons. The normalized spacial score (nSPS) is 8.21. The van der Waals surface area contributed by atoms with E-state index in [0.29, 0.717) is 11.5 Å². The van der Waals surface area contributed by atoms with Crippen molar-refractivity contribution in [1.29, 1.82) is 0 Å². The predicted molar refractivity (Wildman–Crippen MR) is 199 cm³/mol. The summed E-state index contributed by atoms with van der Waals surface area (Å²) in [6, 6.07) is 23.7. The van der Waals surface area contributed by atoms with Crippen molar-refractivity contribution in [3.05, 3.63) is 72.8 Å². The first-order valence-electron chi connectivity index (χ1n) is 13.4. The second-order valence-corrected chi connectivity index (χ2v) is 11.8. The van der Waals surface area contributed by atoms with Crippen LogP contribution in [0.5, 0.6) is 11.5 Å². The second kappa shape index (κ2) is 17.8. The fraction of sp³-hybridized carbons (Fsp3) is 0. The fourth-order valence-electron chi connectivity index (χ4n) is 4.03. The Balaban J connectivity index is 2.06. The van der Waals surface area contributed by atoms with Crippen LogP contribution in [0.1, 0.15) is 0 Å². The number of rotatable bonds is 4. The Morgan fingerprint density at radius 2 is 0.723 bits per heavy atom. The molecule has 208 valence electrons. The van der Waals surface area contributed by atoms with E-state index in [9.17, 15) is 0 Å². The zero-order valence-corrected chi connectivity index (χ0v) is 26.3. The Morgan fingerprint density at radius 1 is 0.383 bits per heavy atom. The smallest absolute Gasteiger partial charge is 0.144 e. The quantitative estimate of drug-likeness (QED) is 0.190. The summed E-state index contributed by atoms with van der Waals surface area (Å²) >= 11 is 0. The van der Waals surface area contributed by atoms with Crippen LogP contribution in [0, 0.1) is 143 Å². The molecule has 0 bridgehead atoms. The van der Waals surface area contributed by atoms with Gasteiger partial charge in [-0.05, 0) is 140 Å². The lowest BCUT2D eigenvalue weighted by Crippen LogP contribution is -2.10. The molecule has 0 atom stereocenters. The van der Waals surface area contributed by atoms with Crippen LogP contribution in [0.2, 0.25) is 0 Å². The number of ether oxygens (including phenoxy) is 1. The van der Waals surface area contributed by atoms with Gasteiger partial charge in [-0.25, -0.2) is 0 Å². The van der Waals surface area contributed by atoms with Crippen LogP contribution in [0.4, 0.5) is 0 Å². The van der Waals surface area contributed by atoms with Crippen LogP contribution in [-0.4, -0.2) is 0 Å². The standard InChI is InChI=1S/C44H16OP2/c1-5-9-13-21-33-46(34-22-14-10-6-2)41-31-29-37-25-17-19-27-39(37)43(41)45-44-40-28-20-18-26-38(40)30-32-42(44)47(35-23-15-11-7-3)36-24-16-12-8-4/h1-4,17-20,25-32H. The Labute approximate surface area is 279 Å². The highest BCUT2D eigenvalue weighted by atomic mass is 31.1. The number of benzene rings is 4. The van der Waals surface area contributed by atoms with Crippen molar-refractivity contribution in [2.75, 3.05) is 0 Å². The molecule has 0 saturated heterocycles. The molecule has 0 aliphatic carbocycles. The molecule has 0 aliphatic rings. The van der Waals surface area contributed by atoms with Crippen LogP contribution in [0.15, 0.2) is 72.8 Å². The van der Waals surface area contributed by atoms with Crippen molar-refractivity contribution < 1.29 is 4.74 Å². The largest absolute Gasteiger partial charge is 0.455 e.